The zero-order valence-electron chi connectivity index (χ0n) is 12.5. The van der Waals surface area contributed by atoms with Crippen molar-refractivity contribution >= 4 is 17.3 Å². The lowest BCUT2D eigenvalue weighted by Crippen LogP contribution is -2.27. The molecule has 3 heteroatoms. The van der Waals surface area contributed by atoms with Crippen LogP contribution >= 0.6 is 0 Å². The van der Waals surface area contributed by atoms with E-state index in [4.69, 9.17) is 0 Å². The monoisotopic (exact) mass is 280 g/mol. The van der Waals surface area contributed by atoms with Gasteiger partial charge in [0.1, 0.15) is 0 Å². The number of rotatable bonds is 4. The first-order valence-corrected chi connectivity index (χ1v) is 7.26. The van der Waals surface area contributed by atoms with Crippen LogP contribution in [0.4, 0.5) is 11.4 Å². The first-order valence-electron chi connectivity index (χ1n) is 7.26. The van der Waals surface area contributed by atoms with Crippen molar-refractivity contribution in [3.05, 3.63) is 60.2 Å². The van der Waals surface area contributed by atoms with Gasteiger partial charge in [-0.05, 0) is 42.7 Å². The van der Waals surface area contributed by atoms with E-state index in [9.17, 15) is 4.79 Å². The van der Waals surface area contributed by atoms with E-state index >= 15 is 0 Å². The number of carbonyl (C=O) groups is 1. The van der Waals surface area contributed by atoms with Gasteiger partial charge in [0.25, 0.3) is 0 Å². The molecular formula is C18H20N2O. The Labute approximate surface area is 125 Å². The van der Waals surface area contributed by atoms with Crippen LogP contribution in [0.25, 0.3) is 0 Å². The summed E-state index contributed by atoms with van der Waals surface area (Å²) in [7, 11) is 4.00. The first-order chi connectivity index (χ1) is 10.1. The lowest BCUT2D eigenvalue weighted by atomic mass is 9.95. The second-order valence-corrected chi connectivity index (χ2v) is 5.84. The van der Waals surface area contributed by atoms with Crippen molar-refractivity contribution in [2.75, 3.05) is 24.3 Å². The van der Waals surface area contributed by atoms with E-state index in [2.05, 4.69) is 5.32 Å². The first kappa shape index (κ1) is 13.7. The molecule has 1 fully saturated rings. The summed E-state index contributed by atoms with van der Waals surface area (Å²) >= 11 is 0. The number of nitrogens with one attached hydrogen (secondary N) is 1. The fourth-order valence-corrected chi connectivity index (χ4v) is 2.62. The maximum absolute atomic E-state index is 12.6. The average molecular weight is 280 g/mol. The topological polar surface area (TPSA) is 32.3 Å². The van der Waals surface area contributed by atoms with E-state index in [1.807, 2.05) is 73.6 Å². The quantitative estimate of drug-likeness (QED) is 0.930. The molecule has 0 aliphatic heterocycles. The number of anilines is 2. The Morgan fingerprint density at radius 2 is 1.62 bits per heavy atom. The van der Waals surface area contributed by atoms with E-state index in [0.717, 1.165) is 29.8 Å². The Kier molecular flexibility index (Phi) is 3.42. The van der Waals surface area contributed by atoms with Crippen molar-refractivity contribution in [2.24, 2.45) is 0 Å². The molecule has 108 valence electrons. The third kappa shape index (κ3) is 2.64. The third-order valence-electron chi connectivity index (χ3n) is 4.15. The summed E-state index contributed by atoms with van der Waals surface area (Å²) in [5, 5.41) is 3.05. The van der Waals surface area contributed by atoms with E-state index in [1.165, 1.54) is 0 Å². The molecule has 0 unspecified atom stereocenters. The van der Waals surface area contributed by atoms with Crippen LogP contribution in [-0.4, -0.2) is 20.0 Å². The Morgan fingerprint density at radius 1 is 1.00 bits per heavy atom. The van der Waals surface area contributed by atoms with E-state index in [1.54, 1.807) is 0 Å². The average Bonchev–Trinajstić information content (AvgIpc) is 3.30. The van der Waals surface area contributed by atoms with Gasteiger partial charge in [0.15, 0.2) is 0 Å². The molecule has 0 spiro atoms. The minimum atomic E-state index is -0.318. The molecule has 0 saturated heterocycles. The summed E-state index contributed by atoms with van der Waals surface area (Å²) in [5.41, 5.74) is 2.78. The molecule has 3 nitrogen and oxygen atoms in total. The smallest absolute Gasteiger partial charge is 0.235 e. The fraction of sp³-hybridized carbons (Fsp3) is 0.278. The third-order valence-corrected chi connectivity index (χ3v) is 4.15. The Balaban J connectivity index is 1.75. The molecule has 0 heterocycles. The molecule has 0 atom stereocenters. The highest BCUT2D eigenvalue weighted by Gasteiger charge is 2.51. The maximum Gasteiger partial charge on any atom is 0.235 e. The van der Waals surface area contributed by atoms with Gasteiger partial charge < -0.3 is 10.2 Å². The predicted molar refractivity (Wildman–Crippen MR) is 86.8 cm³/mol. The second-order valence-electron chi connectivity index (χ2n) is 5.84. The number of nitrogens with zero attached hydrogens (tertiary/aromatic N) is 1. The zero-order chi connectivity index (χ0) is 14.9. The van der Waals surface area contributed by atoms with Crippen LogP contribution < -0.4 is 10.2 Å². The van der Waals surface area contributed by atoms with Crippen molar-refractivity contribution in [1.82, 2.24) is 0 Å². The van der Waals surface area contributed by atoms with E-state index in [-0.39, 0.29) is 11.3 Å². The van der Waals surface area contributed by atoms with Gasteiger partial charge in [-0.25, -0.2) is 0 Å². The summed E-state index contributed by atoms with van der Waals surface area (Å²) in [6.45, 7) is 0. The van der Waals surface area contributed by atoms with Gasteiger partial charge in [-0.3, -0.25) is 4.79 Å². The van der Waals surface area contributed by atoms with Crippen LogP contribution in [0.3, 0.4) is 0 Å². The SMILES string of the molecule is CN(C)c1ccc(NC(=O)C2(c3ccccc3)CC2)cc1. The number of amides is 1. The summed E-state index contributed by atoms with van der Waals surface area (Å²) in [4.78, 5) is 14.6. The Hall–Kier alpha value is -2.29. The van der Waals surface area contributed by atoms with Crippen LogP contribution in [0.2, 0.25) is 0 Å². The van der Waals surface area contributed by atoms with Gasteiger partial charge in [0.05, 0.1) is 5.41 Å². The van der Waals surface area contributed by atoms with E-state index < -0.39 is 0 Å². The molecule has 1 aliphatic carbocycles. The van der Waals surface area contributed by atoms with Gasteiger partial charge in [-0.1, -0.05) is 30.3 Å². The van der Waals surface area contributed by atoms with Gasteiger partial charge in [-0.2, -0.15) is 0 Å². The van der Waals surface area contributed by atoms with Gasteiger partial charge >= 0.3 is 0 Å². The Bertz CT molecular complexity index is 628. The molecule has 1 amide bonds. The lowest BCUT2D eigenvalue weighted by molar-refractivity contribution is -0.118. The molecule has 2 aromatic rings. The molecule has 1 aliphatic rings. The molecular weight excluding hydrogens is 260 g/mol. The standard InChI is InChI=1S/C18H20N2O/c1-20(2)16-10-8-15(9-11-16)19-17(21)18(12-13-18)14-6-4-3-5-7-14/h3-11H,12-13H2,1-2H3,(H,19,21). The van der Waals surface area contributed by atoms with E-state index in [0.29, 0.717) is 0 Å². The largest absolute Gasteiger partial charge is 0.378 e. The van der Waals surface area contributed by atoms with Crippen LogP contribution in [0.1, 0.15) is 18.4 Å². The normalized spacial score (nSPS) is 15.3. The summed E-state index contributed by atoms with van der Waals surface area (Å²) in [5.74, 6) is 0.103. The highest BCUT2D eigenvalue weighted by Crippen LogP contribution is 2.48. The minimum Gasteiger partial charge on any atom is -0.378 e. The van der Waals surface area contributed by atoms with Crippen LogP contribution in [0.5, 0.6) is 0 Å². The molecule has 0 radical (unpaired) electrons. The van der Waals surface area contributed by atoms with Crippen LogP contribution in [0, 0.1) is 0 Å². The fourth-order valence-electron chi connectivity index (χ4n) is 2.62. The highest BCUT2D eigenvalue weighted by atomic mass is 16.2. The molecule has 1 N–H and O–H groups in total. The summed E-state index contributed by atoms with van der Waals surface area (Å²) < 4.78 is 0. The van der Waals surface area contributed by atoms with Gasteiger partial charge in [0.2, 0.25) is 5.91 Å². The predicted octanol–water partition coefficient (Wildman–Crippen LogP) is 3.42. The van der Waals surface area contributed by atoms with Crippen molar-refractivity contribution in [1.29, 1.82) is 0 Å². The number of hydrogen-bond donors (Lipinski definition) is 1. The van der Waals surface area contributed by atoms with Crippen LogP contribution in [-0.2, 0) is 10.2 Å². The number of hydrogen-bond acceptors (Lipinski definition) is 2. The summed E-state index contributed by atoms with van der Waals surface area (Å²) in [6, 6.07) is 18.0. The second kappa shape index (κ2) is 5.24. The van der Waals surface area contributed by atoms with Gasteiger partial charge in [0, 0.05) is 25.5 Å². The zero-order valence-corrected chi connectivity index (χ0v) is 12.5. The Morgan fingerprint density at radius 3 is 2.14 bits per heavy atom. The van der Waals surface area contributed by atoms with Crippen molar-refractivity contribution in [3.8, 4) is 0 Å². The van der Waals surface area contributed by atoms with Crippen molar-refractivity contribution < 1.29 is 4.79 Å². The molecule has 3 rings (SSSR count). The highest BCUT2D eigenvalue weighted by molar-refractivity contribution is 6.01. The maximum atomic E-state index is 12.6. The molecule has 0 bridgehead atoms. The van der Waals surface area contributed by atoms with Crippen molar-refractivity contribution in [2.45, 2.75) is 18.3 Å². The summed E-state index contributed by atoms with van der Waals surface area (Å²) in [6.07, 6.45) is 1.86. The minimum absolute atomic E-state index is 0.103. The van der Waals surface area contributed by atoms with Crippen molar-refractivity contribution in [3.63, 3.8) is 0 Å². The van der Waals surface area contributed by atoms with Crippen LogP contribution in [0.15, 0.2) is 54.6 Å². The number of carbonyl (C=O) groups excluding carboxylic acids is 1. The molecule has 21 heavy (non-hydrogen) atoms. The lowest BCUT2D eigenvalue weighted by Gasteiger charge is -2.17. The molecule has 1 saturated carbocycles. The molecule has 0 aromatic heterocycles. The molecule has 2 aromatic carbocycles. The number of benzene rings is 2. The van der Waals surface area contributed by atoms with Gasteiger partial charge in [-0.15, -0.1) is 0 Å².